The minimum Gasteiger partial charge on any atom is -0.396 e. The van der Waals surface area contributed by atoms with Crippen molar-refractivity contribution in [2.24, 2.45) is 22.2 Å². The SMILES string of the molecule is CCNC(=NCC1(CCO)CCOC1)NCC1CCC(CC)CC1.I. The number of aliphatic hydroxyl groups excluding tert-OH is 1. The number of rotatable bonds is 8. The Balaban J connectivity index is 0.00000312. The Kier molecular flexibility index (Phi) is 11.3. The number of aliphatic hydroxyl groups is 1. The van der Waals surface area contributed by atoms with Gasteiger partial charge in [-0.05, 0) is 44.4 Å². The molecule has 0 amide bonds. The largest absolute Gasteiger partial charge is 0.396 e. The quantitative estimate of drug-likeness (QED) is 0.292. The van der Waals surface area contributed by atoms with E-state index in [1.807, 2.05) is 0 Å². The lowest BCUT2D eigenvalue weighted by Gasteiger charge is -2.29. The van der Waals surface area contributed by atoms with Crippen LogP contribution in [-0.2, 0) is 4.74 Å². The van der Waals surface area contributed by atoms with E-state index in [0.29, 0.717) is 0 Å². The van der Waals surface area contributed by atoms with Crippen molar-refractivity contribution in [2.75, 3.05) is 39.5 Å². The summed E-state index contributed by atoms with van der Waals surface area (Å²) in [5.74, 6) is 2.64. The molecule has 1 saturated carbocycles. The van der Waals surface area contributed by atoms with Crippen molar-refractivity contribution < 1.29 is 9.84 Å². The van der Waals surface area contributed by atoms with Crippen molar-refractivity contribution in [1.82, 2.24) is 10.6 Å². The fraction of sp³-hybridized carbons (Fsp3) is 0.947. The van der Waals surface area contributed by atoms with Crippen molar-refractivity contribution in [3.05, 3.63) is 0 Å². The zero-order valence-corrected chi connectivity index (χ0v) is 18.4. The Hall–Kier alpha value is -0.0800. The van der Waals surface area contributed by atoms with Crippen LogP contribution in [0.3, 0.4) is 0 Å². The molecule has 1 aliphatic carbocycles. The molecule has 1 heterocycles. The highest BCUT2D eigenvalue weighted by Crippen LogP contribution is 2.32. The van der Waals surface area contributed by atoms with Crippen LogP contribution < -0.4 is 10.6 Å². The summed E-state index contributed by atoms with van der Waals surface area (Å²) in [6.45, 7) is 8.76. The fourth-order valence-electron chi connectivity index (χ4n) is 3.96. The van der Waals surface area contributed by atoms with Crippen LogP contribution >= 0.6 is 24.0 Å². The number of hydrogen-bond donors (Lipinski definition) is 3. The highest BCUT2D eigenvalue weighted by atomic mass is 127. The van der Waals surface area contributed by atoms with Crippen LogP contribution in [0.4, 0.5) is 0 Å². The van der Waals surface area contributed by atoms with Gasteiger partial charge in [-0.15, -0.1) is 24.0 Å². The van der Waals surface area contributed by atoms with Gasteiger partial charge in [0, 0.05) is 31.7 Å². The summed E-state index contributed by atoms with van der Waals surface area (Å²) in [6, 6.07) is 0. The summed E-state index contributed by atoms with van der Waals surface area (Å²) < 4.78 is 5.56. The Morgan fingerprint density at radius 1 is 1.16 bits per heavy atom. The summed E-state index contributed by atoms with van der Waals surface area (Å²) in [6.07, 6.45) is 8.55. The summed E-state index contributed by atoms with van der Waals surface area (Å²) in [5.41, 5.74) is 0.0241. The third-order valence-corrected chi connectivity index (χ3v) is 5.85. The molecule has 0 spiro atoms. The van der Waals surface area contributed by atoms with Crippen molar-refractivity contribution in [1.29, 1.82) is 0 Å². The van der Waals surface area contributed by atoms with Gasteiger partial charge in [-0.25, -0.2) is 0 Å². The molecule has 2 rings (SSSR count). The summed E-state index contributed by atoms with van der Waals surface area (Å²) >= 11 is 0. The van der Waals surface area contributed by atoms with Gasteiger partial charge in [0.1, 0.15) is 0 Å². The molecule has 2 fully saturated rings. The third-order valence-electron chi connectivity index (χ3n) is 5.85. The van der Waals surface area contributed by atoms with Gasteiger partial charge in [0.2, 0.25) is 0 Å². The van der Waals surface area contributed by atoms with Crippen molar-refractivity contribution in [3.63, 3.8) is 0 Å². The lowest BCUT2D eigenvalue weighted by molar-refractivity contribution is 0.131. The van der Waals surface area contributed by atoms with Crippen LogP contribution in [0.15, 0.2) is 4.99 Å². The maximum atomic E-state index is 9.34. The van der Waals surface area contributed by atoms with Crippen molar-refractivity contribution >= 4 is 29.9 Å². The monoisotopic (exact) mass is 467 g/mol. The molecule has 1 saturated heterocycles. The predicted octanol–water partition coefficient (Wildman–Crippen LogP) is 3.17. The normalized spacial score (nSPS) is 30.0. The molecule has 0 aromatic heterocycles. The molecular weight excluding hydrogens is 429 g/mol. The maximum absolute atomic E-state index is 9.34. The second-order valence-electron chi connectivity index (χ2n) is 7.65. The van der Waals surface area contributed by atoms with Gasteiger partial charge in [-0.3, -0.25) is 4.99 Å². The van der Waals surface area contributed by atoms with Gasteiger partial charge in [-0.1, -0.05) is 26.2 Å². The van der Waals surface area contributed by atoms with E-state index >= 15 is 0 Å². The van der Waals surface area contributed by atoms with Crippen LogP contribution in [0.5, 0.6) is 0 Å². The van der Waals surface area contributed by atoms with Crippen LogP contribution in [0.25, 0.3) is 0 Å². The Morgan fingerprint density at radius 2 is 1.88 bits per heavy atom. The molecule has 25 heavy (non-hydrogen) atoms. The lowest BCUT2D eigenvalue weighted by Crippen LogP contribution is -2.41. The van der Waals surface area contributed by atoms with Crippen LogP contribution in [0.2, 0.25) is 0 Å². The third kappa shape index (κ3) is 7.59. The second kappa shape index (κ2) is 12.3. The van der Waals surface area contributed by atoms with E-state index in [-0.39, 0.29) is 36.0 Å². The molecule has 0 radical (unpaired) electrons. The van der Waals surface area contributed by atoms with E-state index in [9.17, 15) is 5.11 Å². The molecule has 5 nitrogen and oxygen atoms in total. The van der Waals surface area contributed by atoms with Crippen LogP contribution in [0.1, 0.15) is 58.8 Å². The molecule has 6 heteroatoms. The summed E-state index contributed by atoms with van der Waals surface area (Å²) in [4.78, 5) is 4.81. The van der Waals surface area contributed by atoms with Crippen LogP contribution in [0, 0.1) is 17.3 Å². The summed E-state index contributed by atoms with van der Waals surface area (Å²) in [5, 5.41) is 16.2. The van der Waals surface area contributed by atoms with E-state index in [4.69, 9.17) is 9.73 Å². The molecule has 3 N–H and O–H groups in total. The topological polar surface area (TPSA) is 65.9 Å². The number of nitrogens with one attached hydrogen (secondary N) is 2. The fourth-order valence-corrected chi connectivity index (χ4v) is 3.96. The first-order valence-corrected chi connectivity index (χ1v) is 9.92. The first-order chi connectivity index (χ1) is 11.7. The number of guanidine groups is 1. The first kappa shape index (κ1) is 23.0. The number of aliphatic imine (C=N–C) groups is 1. The average molecular weight is 467 g/mol. The number of halogens is 1. The Morgan fingerprint density at radius 3 is 2.44 bits per heavy atom. The van der Waals surface area contributed by atoms with Gasteiger partial charge in [0.05, 0.1) is 13.2 Å². The van der Waals surface area contributed by atoms with E-state index in [0.717, 1.165) is 63.5 Å². The van der Waals surface area contributed by atoms with Crippen molar-refractivity contribution in [3.8, 4) is 0 Å². The molecule has 1 unspecified atom stereocenters. The number of hydrogen-bond acceptors (Lipinski definition) is 3. The lowest BCUT2D eigenvalue weighted by atomic mass is 9.81. The molecule has 0 aromatic carbocycles. The predicted molar refractivity (Wildman–Crippen MR) is 115 cm³/mol. The molecule has 1 atom stereocenters. The van der Waals surface area contributed by atoms with Gasteiger partial charge in [0.25, 0.3) is 0 Å². The van der Waals surface area contributed by atoms with Gasteiger partial charge in [-0.2, -0.15) is 0 Å². The summed E-state index contributed by atoms with van der Waals surface area (Å²) in [7, 11) is 0. The molecular formula is C19H38IN3O2. The van der Waals surface area contributed by atoms with E-state index in [1.54, 1.807) is 0 Å². The zero-order valence-electron chi connectivity index (χ0n) is 16.1. The Labute approximate surface area is 170 Å². The van der Waals surface area contributed by atoms with Gasteiger partial charge >= 0.3 is 0 Å². The second-order valence-corrected chi connectivity index (χ2v) is 7.65. The highest BCUT2D eigenvalue weighted by molar-refractivity contribution is 14.0. The molecule has 2 aliphatic rings. The molecule has 1 aliphatic heterocycles. The molecule has 148 valence electrons. The molecule has 0 bridgehead atoms. The highest BCUT2D eigenvalue weighted by Gasteiger charge is 2.34. The number of ether oxygens (including phenoxy) is 1. The van der Waals surface area contributed by atoms with Gasteiger partial charge < -0.3 is 20.5 Å². The first-order valence-electron chi connectivity index (χ1n) is 9.92. The van der Waals surface area contributed by atoms with E-state index in [2.05, 4.69) is 24.5 Å². The minimum absolute atomic E-state index is 0. The van der Waals surface area contributed by atoms with Gasteiger partial charge in [0.15, 0.2) is 5.96 Å². The van der Waals surface area contributed by atoms with Crippen molar-refractivity contribution in [2.45, 2.75) is 58.8 Å². The minimum atomic E-state index is 0. The molecule has 0 aromatic rings. The standard InChI is InChI=1S/C19H37N3O2.HI/c1-3-16-5-7-17(8-6-16)13-21-18(20-4-2)22-14-19(9-11-23)10-12-24-15-19;/h16-17,23H,3-15H2,1-2H3,(H2,20,21,22);1H. The number of nitrogens with zero attached hydrogens (tertiary/aromatic N) is 1. The van der Waals surface area contributed by atoms with Crippen LogP contribution in [-0.4, -0.2) is 50.5 Å². The Bertz CT molecular complexity index is 379. The van der Waals surface area contributed by atoms with E-state index in [1.165, 1.54) is 32.1 Å². The maximum Gasteiger partial charge on any atom is 0.191 e. The smallest absolute Gasteiger partial charge is 0.191 e. The zero-order chi connectivity index (χ0) is 17.3. The van der Waals surface area contributed by atoms with E-state index < -0.39 is 0 Å². The average Bonchev–Trinajstić information content (AvgIpc) is 3.07.